The molecule has 2 bridgehead atoms. The van der Waals surface area contributed by atoms with Crippen molar-refractivity contribution in [2.24, 2.45) is 0 Å². The molecule has 2 fully saturated rings. The Morgan fingerprint density at radius 2 is 1.08 bits per heavy atom. The van der Waals surface area contributed by atoms with Crippen molar-refractivity contribution >= 4 is 29.3 Å². The smallest absolute Gasteiger partial charge is 1.00 e. The summed E-state index contributed by atoms with van der Waals surface area (Å²) in [6.07, 6.45) is 0. The molecule has 13 heavy (non-hydrogen) atoms. The second-order valence-electron chi connectivity index (χ2n) is 1.87. The van der Waals surface area contributed by atoms with E-state index in [0.717, 1.165) is 0 Å². The van der Waals surface area contributed by atoms with Crippen LogP contribution in [0.3, 0.4) is 0 Å². The minimum absolute atomic E-state index is 0. The Hall–Kier alpha value is 1.58. The topological polar surface area (TPSA) is 118 Å². The summed E-state index contributed by atoms with van der Waals surface area (Å²) in [4.78, 5) is 0. The zero-order chi connectivity index (χ0) is 7.84. The molecule has 2 rings (SSSR count). The second kappa shape index (κ2) is 6.22. The first-order valence-corrected chi connectivity index (χ1v) is 2.87. The normalized spacial score (nSPS) is 20.8. The Morgan fingerprint density at radius 1 is 0.769 bits per heavy atom. The van der Waals surface area contributed by atoms with E-state index in [1.165, 1.54) is 0 Å². The molecule has 2 heterocycles. The molecule has 0 atom stereocenters. The molecule has 0 saturated carbocycles. The molecule has 0 amide bonds. The van der Waals surface area contributed by atoms with Crippen LogP contribution in [-0.4, -0.2) is 44.8 Å². The Bertz CT molecular complexity index is 127. The minimum atomic E-state index is -1.45. The second-order valence-corrected chi connectivity index (χ2v) is 1.87. The summed E-state index contributed by atoms with van der Waals surface area (Å²) in [5.74, 6) is 0. The Balaban J connectivity index is 0. The summed E-state index contributed by atoms with van der Waals surface area (Å²) in [5, 5.41) is 17.5. The maximum Gasteiger partial charge on any atom is 1.00 e. The fourth-order valence-corrected chi connectivity index (χ4v) is 0.728. The molecule has 0 aromatic rings. The fourth-order valence-electron chi connectivity index (χ4n) is 0.728. The number of fused-ring (bicyclic) bond motifs is 2. The first kappa shape index (κ1) is 14.6. The molecule has 2 aliphatic rings. The van der Waals surface area contributed by atoms with Crippen molar-refractivity contribution in [3.8, 4) is 0 Å². The van der Waals surface area contributed by atoms with Gasteiger partial charge in [0.2, 0.25) is 0 Å². The van der Waals surface area contributed by atoms with Crippen LogP contribution >= 0.6 is 0 Å². The average Bonchev–Trinajstić information content (AvgIpc) is 1.82. The Morgan fingerprint density at radius 3 is 1.38 bits per heavy atom. The van der Waals surface area contributed by atoms with Crippen molar-refractivity contribution in [2.75, 3.05) is 0 Å². The average molecular weight is 215 g/mol. The molecular formula is H5B4KO8. The van der Waals surface area contributed by atoms with E-state index in [1.54, 1.807) is 0 Å². The first-order valence-electron chi connectivity index (χ1n) is 2.87. The van der Waals surface area contributed by atoms with Crippen molar-refractivity contribution in [2.45, 2.75) is 0 Å². The van der Waals surface area contributed by atoms with Gasteiger partial charge in [0.05, 0.1) is 0 Å². The van der Waals surface area contributed by atoms with Gasteiger partial charge >= 0.3 is 80.7 Å². The maximum absolute atomic E-state index is 8.74. The van der Waals surface area contributed by atoms with Crippen molar-refractivity contribution < 1.29 is 91.2 Å². The van der Waals surface area contributed by atoms with Gasteiger partial charge in [0.25, 0.3) is 0 Å². The van der Waals surface area contributed by atoms with Crippen molar-refractivity contribution in [1.82, 2.24) is 0 Å². The number of rotatable bonds is 0. The molecule has 0 spiro atoms. The molecule has 0 radical (unpaired) electrons. The summed E-state index contributed by atoms with van der Waals surface area (Å²) in [6, 6.07) is 0. The fraction of sp³-hybridized carbons (Fsp3) is 0. The third-order valence-corrected chi connectivity index (χ3v) is 1.13. The van der Waals surface area contributed by atoms with Gasteiger partial charge in [-0.15, -0.1) is 0 Å². The van der Waals surface area contributed by atoms with E-state index >= 15 is 0 Å². The quantitative estimate of drug-likeness (QED) is 0.386. The van der Waals surface area contributed by atoms with E-state index in [2.05, 4.69) is 22.9 Å². The SMILES string of the molecule is O.OB1OB2OB(O)OB(O1)O2.[H-].[K+]. The number of hydrogen-bond donors (Lipinski definition) is 2. The standard InChI is InChI=1S/B4H2O7.K.H2O.H/c5-1-7-3-9-2(6)10-4(8-1)11-3;;;/h5-6H;;1H2;/q;+1;;-1. The van der Waals surface area contributed by atoms with Crippen LogP contribution in [0.25, 0.3) is 0 Å². The molecule has 2 saturated heterocycles. The molecule has 0 unspecified atom stereocenters. The van der Waals surface area contributed by atoms with Crippen molar-refractivity contribution in [3.63, 3.8) is 0 Å². The monoisotopic (exact) mass is 216 g/mol. The largest absolute Gasteiger partial charge is 1.00 e. The summed E-state index contributed by atoms with van der Waals surface area (Å²) < 4.78 is 22.6. The van der Waals surface area contributed by atoms with Gasteiger partial charge in [-0.3, -0.25) is 0 Å². The summed E-state index contributed by atoms with van der Waals surface area (Å²) in [7, 11) is -5.20. The molecule has 66 valence electrons. The minimum Gasteiger partial charge on any atom is -1.00 e. The molecular weight excluding hydrogens is 210 g/mol. The molecule has 13 heteroatoms. The third kappa shape index (κ3) is 3.91. The predicted octanol–water partition coefficient (Wildman–Crippen LogP) is -6.69. The summed E-state index contributed by atoms with van der Waals surface area (Å²) in [5.41, 5.74) is 0. The molecule has 8 nitrogen and oxygen atoms in total. The van der Waals surface area contributed by atoms with E-state index in [-0.39, 0.29) is 58.3 Å². The van der Waals surface area contributed by atoms with Crippen LogP contribution in [0, 0.1) is 0 Å². The van der Waals surface area contributed by atoms with Crippen LogP contribution in [-0.2, 0) is 22.9 Å². The van der Waals surface area contributed by atoms with Gasteiger partial charge in [0, 0.05) is 0 Å². The summed E-state index contributed by atoms with van der Waals surface area (Å²) in [6.45, 7) is 0. The molecule has 0 aromatic heterocycles. The molecule has 0 aliphatic carbocycles. The van der Waals surface area contributed by atoms with E-state index in [0.29, 0.717) is 0 Å². The van der Waals surface area contributed by atoms with Gasteiger partial charge in [-0.2, -0.15) is 0 Å². The number of hydrogen-bond acceptors (Lipinski definition) is 7. The van der Waals surface area contributed by atoms with Crippen LogP contribution in [0.15, 0.2) is 0 Å². The Kier molecular flexibility index (Phi) is 6.98. The predicted molar refractivity (Wildman–Crippen MR) is 37.6 cm³/mol. The van der Waals surface area contributed by atoms with Crippen LogP contribution in [0.2, 0.25) is 0 Å². The van der Waals surface area contributed by atoms with Crippen molar-refractivity contribution in [3.05, 3.63) is 0 Å². The van der Waals surface area contributed by atoms with Gasteiger partial charge in [0.1, 0.15) is 0 Å². The molecule has 0 aromatic carbocycles. The molecule has 2 aliphatic heterocycles. The van der Waals surface area contributed by atoms with Gasteiger partial charge in [-0.05, 0) is 0 Å². The zero-order valence-corrected chi connectivity index (χ0v) is 9.87. The van der Waals surface area contributed by atoms with Crippen molar-refractivity contribution in [1.29, 1.82) is 0 Å². The zero-order valence-electron chi connectivity index (χ0n) is 7.75. The third-order valence-electron chi connectivity index (χ3n) is 1.13. The van der Waals surface area contributed by atoms with E-state index in [9.17, 15) is 0 Å². The Labute approximate surface area is 119 Å². The van der Waals surface area contributed by atoms with Crippen LogP contribution in [0.1, 0.15) is 1.43 Å². The van der Waals surface area contributed by atoms with E-state index in [1.807, 2.05) is 0 Å². The van der Waals surface area contributed by atoms with E-state index < -0.39 is 29.3 Å². The van der Waals surface area contributed by atoms with Crippen LogP contribution in [0.4, 0.5) is 0 Å². The maximum atomic E-state index is 8.74. The van der Waals surface area contributed by atoms with Crippen LogP contribution in [0.5, 0.6) is 0 Å². The summed E-state index contributed by atoms with van der Waals surface area (Å²) >= 11 is 0. The molecule has 4 N–H and O–H groups in total. The van der Waals surface area contributed by atoms with E-state index in [4.69, 9.17) is 10.0 Å². The van der Waals surface area contributed by atoms with Gasteiger partial charge in [-0.25, -0.2) is 0 Å². The first-order chi connectivity index (χ1) is 5.24. The van der Waals surface area contributed by atoms with Gasteiger partial charge < -0.3 is 39.8 Å². The van der Waals surface area contributed by atoms with Crippen LogP contribution < -0.4 is 51.4 Å². The van der Waals surface area contributed by atoms with Gasteiger partial charge in [-0.1, -0.05) is 0 Å². The van der Waals surface area contributed by atoms with Gasteiger partial charge in [0.15, 0.2) is 0 Å².